The van der Waals surface area contributed by atoms with Crippen LogP contribution in [0, 0.1) is 5.92 Å². The van der Waals surface area contributed by atoms with Gasteiger partial charge in [-0.15, -0.1) is 5.10 Å². The van der Waals surface area contributed by atoms with Crippen molar-refractivity contribution in [3.8, 4) is 22.5 Å². The van der Waals surface area contributed by atoms with Crippen molar-refractivity contribution in [3.05, 3.63) is 76.5 Å². The number of aromatic nitrogens is 6. The Morgan fingerprint density at radius 3 is 2.24 bits per heavy atom. The van der Waals surface area contributed by atoms with E-state index in [1.165, 1.54) is 69.9 Å². The summed E-state index contributed by atoms with van der Waals surface area (Å²) < 4.78 is 4.11. The SMILES string of the molecule is O=c1n(CC2CCCCC2)cc(C2CCCCC2)n1Cc1ccc(-c2ccccc2-c2nnn[nH]2)cc1. The van der Waals surface area contributed by atoms with E-state index >= 15 is 0 Å². The van der Waals surface area contributed by atoms with Gasteiger partial charge in [0.15, 0.2) is 5.82 Å². The molecule has 2 heterocycles. The molecular weight excluding hydrogens is 460 g/mol. The predicted molar refractivity (Wildman–Crippen MR) is 145 cm³/mol. The summed E-state index contributed by atoms with van der Waals surface area (Å²) in [6.07, 6.45) is 14.9. The Labute approximate surface area is 217 Å². The van der Waals surface area contributed by atoms with Crippen molar-refractivity contribution in [1.29, 1.82) is 0 Å². The Morgan fingerprint density at radius 1 is 0.838 bits per heavy atom. The van der Waals surface area contributed by atoms with Crippen molar-refractivity contribution in [3.63, 3.8) is 0 Å². The van der Waals surface area contributed by atoms with Gasteiger partial charge >= 0.3 is 5.69 Å². The molecule has 2 aliphatic rings. The number of imidazole rings is 1. The fraction of sp³-hybridized carbons (Fsp3) is 0.467. The van der Waals surface area contributed by atoms with E-state index in [1.807, 2.05) is 22.8 Å². The third-order valence-corrected chi connectivity index (χ3v) is 8.41. The molecule has 0 amide bonds. The first-order chi connectivity index (χ1) is 18.3. The molecule has 6 rings (SSSR count). The largest absolute Gasteiger partial charge is 0.328 e. The van der Waals surface area contributed by atoms with E-state index in [-0.39, 0.29) is 5.69 Å². The number of rotatable bonds is 7. The van der Waals surface area contributed by atoms with Crippen LogP contribution in [0.3, 0.4) is 0 Å². The minimum Gasteiger partial charge on any atom is -0.299 e. The van der Waals surface area contributed by atoms with Crippen molar-refractivity contribution in [2.45, 2.75) is 83.2 Å². The van der Waals surface area contributed by atoms with E-state index in [2.05, 4.69) is 61.7 Å². The van der Waals surface area contributed by atoms with Gasteiger partial charge in [-0.1, -0.05) is 87.1 Å². The molecule has 2 aromatic heterocycles. The van der Waals surface area contributed by atoms with Crippen LogP contribution in [0.15, 0.2) is 59.5 Å². The van der Waals surface area contributed by atoms with Crippen LogP contribution in [-0.2, 0) is 13.1 Å². The zero-order chi connectivity index (χ0) is 25.0. The maximum absolute atomic E-state index is 13.7. The minimum atomic E-state index is 0.165. The Bertz CT molecular complexity index is 1360. The molecule has 0 unspecified atom stereocenters. The van der Waals surface area contributed by atoms with Crippen molar-refractivity contribution < 1.29 is 0 Å². The van der Waals surface area contributed by atoms with Gasteiger partial charge in [0.1, 0.15) is 0 Å². The van der Waals surface area contributed by atoms with E-state index in [9.17, 15) is 4.79 Å². The second-order valence-electron chi connectivity index (χ2n) is 10.9. The highest BCUT2D eigenvalue weighted by Crippen LogP contribution is 2.34. The van der Waals surface area contributed by atoms with Crippen molar-refractivity contribution in [2.75, 3.05) is 0 Å². The van der Waals surface area contributed by atoms with Gasteiger partial charge in [-0.05, 0) is 58.7 Å². The average molecular weight is 497 g/mol. The molecule has 7 nitrogen and oxygen atoms in total. The number of nitrogens with one attached hydrogen (secondary N) is 1. The minimum absolute atomic E-state index is 0.165. The molecule has 0 aliphatic heterocycles. The molecule has 7 heteroatoms. The van der Waals surface area contributed by atoms with Crippen molar-refractivity contribution in [1.82, 2.24) is 29.8 Å². The highest BCUT2D eigenvalue weighted by Gasteiger charge is 2.24. The highest BCUT2D eigenvalue weighted by molar-refractivity contribution is 5.80. The molecule has 1 N–H and O–H groups in total. The molecule has 4 aromatic rings. The Balaban J connectivity index is 1.28. The smallest absolute Gasteiger partial charge is 0.299 e. The predicted octanol–water partition coefficient (Wildman–Crippen LogP) is 6.17. The van der Waals surface area contributed by atoms with E-state index in [4.69, 9.17) is 0 Å². The topological polar surface area (TPSA) is 81.4 Å². The molecule has 2 aliphatic carbocycles. The first kappa shape index (κ1) is 23.9. The van der Waals surface area contributed by atoms with Crippen LogP contribution in [0.1, 0.15) is 81.4 Å². The average Bonchev–Trinajstić information content (AvgIpc) is 3.60. The maximum Gasteiger partial charge on any atom is 0.328 e. The van der Waals surface area contributed by atoms with Gasteiger partial charge < -0.3 is 0 Å². The monoisotopic (exact) mass is 496 g/mol. The van der Waals surface area contributed by atoms with Gasteiger partial charge in [-0.25, -0.2) is 9.89 Å². The Hall–Kier alpha value is -3.48. The quantitative estimate of drug-likeness (QED) is 0.332. The van der Waals surface area contributed by atoms with Gasteiger partial charge in [-0.3, -0.25) is 9.13 Å². The molecule has 2 saturated carbocycles. The lowest BCUT2D eigenvalue weighted by Gasteiger charge is -2.22. The van der Waals surface area contributed by atoms with Crippen LogP contribution in [-0.4, -0.2) is 29.8 Å². The number of benzene rings is 2. The Morgan fingerprint density at radius 2 is 1.54 bits per heavy atom. The van der Waals surface area contributed by atoms with Crippen molar-refractivity contribution >= 4 is 0 Å². The summed E-state index contributed by atoms with van der Waals surface area (Å²) in [6, 6.07) is 16.7. The lowest BCUT2D eigenvalue weighted by atomic mass is 9.87. The lowest BCUT2D eigenvalue weighted by Crippen LogP contribution is -2.28. The molecule has 0 atom stereocenters. The van der Waals surface area contributed by atoms with Gasteiger partial charge in [-0.2, -0.15) is 0 Å². The molecule has 0 saturated heterocycles. The number of nitrogens with zero attached hydrogens (tertiary/aromatic N) is 5. The van der Waals surface area contributed by atoms with Gasteiger partial charge in [0, 0.05) is 29.9 Å². The third kappa shape index (κ3) is 5.17. The number of H-pyrrole nitrogens is 1. The number of tetrazole rings is 1. The zero-order valence-electron chi connectivity index (χ0n) is 21.5. The fourth-order valence-corrected chi connectivity index (χ4v) is 6.40. The maximum atomic E-state index is 13.7. The van der Waals surface area contributed by atoms with Gasteiger partial charge in [0.05, 0.1) is 6.54 Å². The summed E-state index contributed by atoms with van der Waals surface area (Å²) in [5.74, 6) is 1.79. The first-order valence-corrected chi connectivity index (χ1v) is 14.0. The van der Waals surface area contributed by atoms with Crippen LogP contribution in [0.2, 0.25) is 0 Å². The highest BCUT2D eigenvalue weighted by atomic mass is 16.1. The van der Waals surface area contributed by atoms with Crippen LogP contribution < -0.4 is 5.69 Å². The fourth-order valence-electron chi connectivity index (χ4n) is 6.40. The number of hydrogen-bond acceptors (Lipinski definition) is 4. The number of aromatic amines is 1. The second-order valence-corrected chi connectivity index (χ2v) is 10.9. The molecule has 0 bridgehead atoms. The van der Waals surface area contributed by atoms with E-state index < -0.39 is 0 Å². The van der Waals surface area contributed by atoms with E-state index in [1.54, 1.807) is 0 Å². The number of hydrogen-bond donors (Lipinski definition) is 1. The van der Waals surface area contributed by atoms with E-state index in [0.29, 0.717) is 24.2 Å². The zero-order valence-corrected chi connectivity index (χ0v) is 21.5. The van der Waals surface area contributed by atoms with Crippen molar-refractivity contribution in [2.24, 2.45) is 5.92 Å². The normalized spacial score (nSPS) is 17.3. The molecule has 2 aromatic carbocycles. The second kappa shape index (κ2) is 10.9. The van der Waals surface area contributed by atoms with E-state index in [0.717, 1.165) is 28.8 Å². The molecule has 37 heavy (non-hydrogen) atoms. The summed E-state index contributed by atoms with van der Waals surface area (Å²) in [6.45, 7) is 1.49. The van der Waals surface area contributed by atoms with Crippen LogP contribution >= 0.6 is 0 Å². The van der Waals surface area contributed by atoms with Gasteiger partial charge in [0.2, 0.25) is 0 Å². The molecule has 2 fully saturated rings. The lowest BCUT2D eigenvalue weighted by molar-refractivity contribution is 0.315. The summed E-state index contributed by atoms with van der Waals surface area (Å²) >= 11 is 0. The molecule has 0 radical (unpaired) electrons. The summed E-state index contributed by atoms with van der Waals surface area (Å²) in [7, 11) is 0. The van der Waals surface area contributed by atoms with Crippen LogP contribution in [0.25, 0.3) is 22.5 Å². The standard InChI is InChI=1S/C30H36N6O/c37-30-35(19-22-9-3-1-4-10-22)21-28(25-11-5-2-6-12-25)36(30)20-23-15-17-24(18-16-23)26-13-7-8-14-27(26)29-31-33-34-32-29/h7-8,13-18,21-22,25H,1-6,9-12,19-20H2,(H,31,32,33,34). The third-order valence-electron chi connectivity index (χ3n) is 8.41. The van der Waals surface area contributed by atoms with Crippen LogP contribution in [0.4, 0.5) is 0 Å². The summed E-state index contributed by atoms with van der Waals surface area (Å²) in [4.78, 5) is 13.7. The summed E-state index contributed by atoms with van der Waals surface area (Å²) in [5, 5.41) is 14.4. The first-order valence-electron chi connectivity index (χ1n) is 14.0. The molecule has 192 valence electrons. The molecule has 0 spiro atoms. The van der Waals surface area contributed by atoms with Crippen LogP contribution in [0.5, 0.6) is 0 Å². The summed E-state index contributed by atoms with van der Waals surface area (Å²) in [5.41, 5.74) is 5.70. The Kier molecular flexibility index (Phi) is 7.02. The molecular formula is C30H36N6O. The van der Waals surface area contributed by atoms with Gasteiger partial charge in [0.25, 0.3) is 0 Å².